The highest BCUT2D eigenvalue weighted by atomic mass is 19.1. The molecular weight excluding hydrogens is 269 g/mol. The smallest absolute Gasteiger partial charge is 0.165 e. The van der Waals surface area contributed by atoms with Crippen molar-refractivity contribution < 1.29 is 9.13 Å². The van der Waals surface area contributed by atoms with Gasteiger partial charge < -0.3 is 4.74 Å². The van der Waals surface area contributed by atoms with Crippen LogP contribution in [0.2, 0.25) is 0 Å². The van der Waals surface area contributed by atoms with Crippen LogP contribution >= 0.6 is 0 Å². The second-order valence-corrected chi connectivity index (χ2v) is 5.90. The van der Waals surface area contributed by atoms with Crippen LogP contribution in [-0.2, 0) is 6.54 Å². The predicted molar refractivity (Wildman–Crippen MR) is 79.5 cm³/mol. The van der Waals surface area contributed by atoms with Crippen molar-refractivity contribution >= 4 is 0 Å². The second kappa shape index (κ2) is 6.42. The van der Waals surface area contributed by atoms with Gasteiger partial charge in [-0.1, -0.05) is 6.07 Å². The second-order valence-electron chi connectivity index (χ2n) is 5.90. The summed E-state index contributed by atoms with van der Waals surface area (Å²) in [5, 5.41) is 9.17. The van der Waals surface area contributed by atoms with E-state index in [9.17, 15) is 4.39 Å². The molecule has 0 atom stereocenters. The Kier molecular flexibility index (Phi) is 4.81. The molecule has 5 heteroatoms. The largest absolute Gasteiger partial charge is 0.494 e. The maximum absolute atomic E-state index is 13.7. The summed E-state index contributed by atoms with van der Waals surface area (Å²) < 4.78 is 18.6. The first kappa shape index (κ1) is 15.7. The molecule has 0 aliphatic carbocycles. The monoisotopic (exact) mass is 291 g/mol. The fourth-order valence-corrected chi connectivity index (χ4v) is 2.60. The van der Waals surface area contributed by atoms with Crippen LogP contribution in [-0.4, -0.2) is 48.6 Å². The van der Waals surface area contributed by atoms with Gasteiger partial charge in [-0.3, -0.25) is 9.80 Å². The van der Waals surface area contributed by atoms with E-state index in [-0.39, 0.29) is 11.6 Å². The highest BCUT2D eigenvalue weighted by Gasteiger charge is 2.29. The number of nitriles is 1. The molecule has 1 aliphatic heterocycles. The molecule has 0 radical (unpaired) electrons. The van der Waals surface area contributed by atoms with Crippen LogP contribution in [0.5, 0.6) is 5.75 Å². The Bertz CT molecular complexity index is 531. The summed E-state index contributed by atoms with van der Waals surface area (Å²) in [7, 11) is 1.47. The van der Waals surface area contributed by atoms with Gasteiger partial charge in [0.15, 0.2) is 11.6 Å². The summed E-state index contributed by atoms with van der Waals surface area (Å²) in [6.07, 6.45) is 0. The van der Waals surface area contributed by atoms with Crippen molar-refractivity contribution in [3.63, 3.8) is 0 Å². The predicted octanol–water partition coefficient (Wildman–Crippen LogP) is 2.25. The Hall–Kier alpha value is -1.64. The zero-order valence-electron chi connectivity index (χ0n) is 12.9. The molecule has 0 saturated carbocycles. The van der Waals surface area contributed by atoms with Crippen molar-refractivity contribution in [2.75, 3.05) is 33.3 Å². The van der Waals surface area contributed by atoms with Gasteiger partial charge >= 0.3 is 0 Å². The number of benzene rings is 1. The first-order chi connectivity index (χ1) is 9.96. The molecule has 1 saturated heterocycles. The van der Waals surface area contributed by atoms with Gasteiger partial charge in [-0.2, -0.15) is 5.26 Å². The lowest BCUT2D eigenvalue weighted by atomic mass is 10.0. The first-order valence-electron chi connectivity index (χ1n) is 7.17. The molecular formula is C16H22FN3O. The molecule has 1 fully saturated rings. The summed E-state index contributed by atoms with van der Waals surface area (Å²) in [5.41, 5.74) is 0.527. The Morgan fingerprint density at radius 1 is 1.29 bits per heavy atom. The zero-order chi connectivity index (χ0) is 15.5. The Morgan fingerprint density at radius 2 is 1.95 bits per heavy atom. The van der Waals surface area contributed by atoms with Gasteiger partial charge in [-0.05, 0) is 31.5 Å². The number of methoxy groups -OCH3 is 1. The van der Waals surface area contributed by atoms with Gasteiger partial charge in [0.25, 0.3) is 0 Å². The third-order valence-electron chi connectivity index (χ3n) is 4.06. The molecule has 21 heavy (non-hydrogen) atoms. The lowest BCUT2D eigenvalue weighted by Crippen LogP contribution is -2.53. The van der Waals surface area contributed by atoms with Gasteiger partial charge in [0.1, 0.15) is 5.54 Å². The van der Waals surface area contributed by atoms with Gasteiger partial charge in [-0.25, -0.2) is 4.39 Å². The molecule has 1 aromatic rings. The minimum absolute atomic E-state index is 0.277. The number of piperazine rings is 1. The number of rotatable bonds is 4. The molecule has 0 amide bonds. The molecule has 4 nitrogen and oxygen atoms in total. The van der Waals surface area contributed by atoms with Crippen LogP contribution < -0.4 is 4.74 Å². The molecule has 2 rings (SSSR count). The van der Waals surface area contributed by atoms with E-state index >= 15 is 0 Å². The van der Waals surface area contributed by atoms with E-state index in [0.29, 0.717) is 0 Å². The summed E-state index contributed by atoms with van der Waals surface area (Å²) >= 11 is 0. The van der Waals surface area contributed by atoms with Crippen molar-refractivity contribution in [1.29, 1.82) is 5.26 Å². The van der Waals surface area contributed by atoms with Gasteiger partial charge in [0, 0.05) is 32.7 Å². The zero-order valence-corrected chi connectivity index (χ0v) is 12.9. The molecule has 1 aliphatic rings. The summed E-state index contributed by atoms with van der Waals surface area (Å²) in [4.78, 5) is 4.48. The molecule has 0 unspecified atom stereocenters. The van der Waals surface area contributed by atoms with Crippen molar-refractivity contribution in [2.24, 2.45) is 0 Å². The quantitative estimate of drug-likeness (QED) is 0.853. The number of nitrogens with zero attached hydrogens (tertiary/aromatic N) is 3. The average molecular weight is 291 g/mol. The number of halogens is 1. The van der Waals surface area contributed by atoms with Crippen LogP contribution in [0, 0.1) is 17.1 Å². The summed E-state index contributed by atoms with van der Waals surface area (Å²) in [6.45, 7) is 8.11. The molecule has 0 N–H and O–H groups in total. The maximum Gasteiger partial charge on any atom is 0.165 e. The van der Waals surface area contributed by atoms with E-state index in [4.69, 9.17) is 10.00 Å². The fourth-order valence-electron chi connectivity index (χ4n) is 2.60. The van der Waals surface area contributed by atoms with Crippen LogP contribution in [0.3, 0.4) is 0 Å². The normalized spacial score (nSPS) is 17.5. The fraction of sp³-hybridized carbons (Fsp3) is 0.562. The van der Waals surface area contributed by atoms with Crippen molar-refractivity contribution in [2.45, 2.75) is 25.9 Å². The van der Waals surface area contributed by atoms with Crippen LogP contribution in [0.1, 0.15) is 19.4 Å². The molecule has 0 aromatic heterocycles. The molecule has 1 aromatic carbocycles. The topological polar surface area (TPSA) is 39.5 Å². The van der Waals surface area contributed by atoms with E-state index in [1.165, 1.54) is 13.2 Å². The standard InChI is InChI=1S/C16H22FN3O/c1-16(2,12-18)20-8-6-19(7-9-20)11-13-4-5-15(21-3)14(17)10-13/h4-5,10H,6-9,11H2,1-3H3. The van der Waals surface area contributed by atoms with Crippen LogP contribution in [0.4, 0.5) is 4.39 Å². The van der Waals surface area contributed by atoms with E-state index in [1.807, 2.05) is 19.9 Å². The van der Waals surface area contributed by atoms with Crippen molar-refractivity contribution in [1.82, 2.24) is 9.80 Å². The van der Waals surface area contributed by atoms with E-state index in [2.05, 4.69) is 15.9 Å². The summed E-state index contributed by atoms with van der Waals surface area (Å²) in [6, 6.07) is 7.43. The lowest BCUT2D eigenvalue weighted by Gasteiger charge is -2.40. The van der Waals surface area contributed by atoms with E-state index in [1.54, 1.807) is 6.07 Å². The highest BCUT2D eigenvalue weighted by Crippen LogP contribution is 2.20. The third kappa shape index (κ3) is 3.72. The van der Waals surface area contributed by atoms with E-state index in [0.717, 1.165) is 38.3 Å². The first-order valence-corrected chi connectivity index (χ1v) is 7.17. The molecule has 0 spiro atoms. The number of hydrogen-bond donors (Lipinski definition) is 0. The number of ether oxygens (including phenoxy) is 1. The average Bonchev–Trinajstić information content (AvgIpc) is 2.48. The van der Waals surface area contributed by atoms with E-state index < -0.39 is 5.54 Å². The highest BCUT2D eigenvalue weighted by molar-refractivity contribution is 5.29. The lowest BCUT2D eigenvalue weighted by molar-refractivity contribution is 0.0763. The minimum Gasteiger partial charge on any atom is -0.494 e. The maximum atomic E-state index is 13.7. The molecule has 1 heterocycles. The molecule has 0 bridgehead atoms. The minimum atomic E-state index is -0.418. The molecule has 114 valence electrons. The van der Waals surface area contributed by atoms with Gasteiger partial charge in [0.05, 0.1) is 13.2 Å². The Labute approximate surface area is 125 Å². The van der Waals surface area contributed by atoms with Crippen LogP contribution in [0.15, 0.2) is 18.2 Å². The summed E-state index contributed by atoms with van der Waals surface area (Å²) in [5.74, 6) is -0.0430. The SMILES string of the molecule is COc1ccc(CN2CCN(C(C)(C)C#N)CC2)cc1F. The van der Waals surface area contributed by atoms with Gasteiger partial charge in [0.2, 0.25) is 0 Å². The van der Waals surface area contributed by atoms with Gasteiger partial charge in [-0.15, -0.1) is 0 Å². The van der Waals surface area contributed by atoms with Crippen LogP contribution in [0.25, 0.3) is 0 Å². The number of hydrogen-bond acceptors (Lipinski definition) is 4. The van der Waals surface area contributed by atoms with Crippen molar-refractivity contribution in [3.05, 3.63) is 29.6 Å². The Morgan fingerprint density at radius 3 is 2.48 bits per heavy atom. The third-order valence-corrected chi connectivity index (χ3v) is 4.06. The Balaban J connectivity index is 1.92. The van der Waals surface area contributed by atoms with Crippen molar-refractivity contribution in [3.8, 4) is 11.8 Å².